The van der Waals surface area contributed by atoms with Gasteiger partial charge in [0.2, 0.25) is 0 Å². The third-order valence-corrected chi connectivity index (χ3v) is 3.21. The lowest BCUT2D eigenvalue weighted by atomic mass is 9.96. The number of carbonyl (C=O) groups excluding carboxylic acids is 1. The lowest BCUT2D eigenvalue weighted by Gasteiger charge is -2.06. The van der Waals surface area contributed by atoms with Crippen molar-refractivity contribution in [3.63, 3.8) is 0 Å². The summed E-state index contributed by atoms with van der Waals surface area (Å²) < 4.78 is 0.976. The number of hydrogen-bond acceptors (Lipinski definition) is 2. The Morgan fingerprint density at radius 3 is 2.73 bits per heavy atom. The molecule has 15 heavy (non-hydrogen) atoms. The summed E-state index contributed by atoms with van der Waals surface area (Å²) in [5, 5.41) is 8.80. The number of carbonyl (C=O) groups is 1. The van der Waals surface area contributed by atoms with Gasteiger partial charge in [-0.1, -0.05) is 28.9 Å². The van der Waals surface area contributed by atoms with Crippen LogP contribution in [-0.2, 0) is 0 Å². The molecule has 1 rings (SSSR count). The number of halogens is 1. The van der Waals surface area contributed by atoms with Crippen LogP contribution < -0.4 is 0 Å². The zero-order chi connectivity index (χ0) is 11.4. The van der Waals surface area contributed by atoms with Gasteiger partial charge in [-0.05, 0) is 31.0 Å². The van der Waals surface area contributed by atoms with E-state index in [1.807, 2.05) is 32.0 Å². The van der Waals surface area contributed by atoms with Crippen molar-refractivity contribution in [2.24, 2.45) is 5.92 Å². The predicted octanol–water partition coefficient (Wildman–Crippen LogP) is 3.49. The summed E-state index contributed by atoms with van der Waals surface area (Å²) in [7, 11) is 0. The lowest BCUT2D eigenvalue weighted by molar-refractivity contribution is 0.0946. The van der Waals surface area contributed by atoms with Gasteiger partial charge in [-0.3, -0.25) is 4.79 Å². The SMILES string of the molecule is CCC(C#N)C(=O)c1ccc(Br)c(C)c1. The van der Waals surface area contributed by atoms with Gasteiger partial charge in [0.25, 0.3) is 0 Å². The van der Waals surface area contributed by atoms with Crippen LogP contribution in [0.5, 0.6) is 0 Å². The first-order valence-corrected chi connectivity index (χ1v) is 5.59. The van der Waals surface area contributed by atoms with E-state index >= 15 is 0 Å². The minimum absolute atomic E-state index is 0.0874. The molecule has 0 bridgehead atoms. The molecule has 1 aromatic carbocycles. The van der Waals surface area contributed by atoms with Crippen LogP contribution in [0.3, 0.4) is 0 Å². The van der Waals surface area contributed by atoms with Gasteiger partial charge in [-0.15, -0.1) is 0 Å². The van der Waals surface area contributed by atoms with Gasteiger partial charge in [0.15, 0.2) is 5.78 Å². The molecule has 0 amide bonds. The van der Waals surface area contributed by atoms with E-state index in [1.165, 1.54) is 0 Å². The first-order valence-electron chi connectivity index (χ1n) is 4.80. The van der Waals surface area contributed by atoms with Crippen LogP contribution in [0.15, 0.2) is 22.7 Å². The number of hydrogen-bond donors (Lipinski definition) is 0. The van der Waals surface area contributed by atoms with E-state index in [1.54, 1.807) is 6.07 Å². The van der Waals surface area contributed by atoms with Crippen LogP contribution >= 0.6 is 15.9 Å². The van der Waals surface area contributed by atoms with Crippen molar-refractivity contribution in [2.45, 2.75) is 20.3 Å². The fourth-order valence-electron chi connectivity index (χ4n) is 1.33. The van der Waals surface area contributed by atoms with Crippen LogP contribution in [0.1, 0.15) is 29.3 Å². The zero-order valence-corrected chi connectivity index (χ0v) is 10.3. The minimum Gasteiger partial charge on any atom is -0.293 e. The van der Waals surface area contributed by atoms with Gasteiger partial charge in [-0.25, -0.2) is 0 Å². The van der Waals surface area contributed by atoms with E-state index in [9.17, 15) is 4.79 Å². The number of rotatable bonds is 3. The molecule has 1 atom stereocenters. The highest BCUT2D eigenvalue weighted by Crippen LogP contribution is 2.19. The summed E-state index contributed by atoms with van der Waals surface area (Å²) in [5.41, 5.74) is 1.62. The van der Waals surface area contributed by atoms with Gasteiger partial charge in [0, 0.05) is 10.0 Å². The Bertz CT molecular complexity index is 420. The quantitative estimate of drug-likeness (QED) is 0.786. The van der Waals surface area contributed by atoms with Crippen molar-refractivity contribution >= 4 is 21.7 Å². The second kappa shape index (κ2) is 5.09. The van der Waals surface area contributed by atoms with E-state index in [-0.39, 0.29) is 5.78 Å². The molecule has 0 N–H and O–H groups in total. The molecule has 0 saturated heterocycles. The van der Waals surface area contributed by atoms with Crippen molar-refractivity contribution in [3.8, 4) is 6.07 Å². The Balaban J connectivity index is 3.02. The van der Waals surface area contributed by atoms with E-state index in [0.29, 0.717) is 12.0 Å². The maximum atomic E-state index is 11.8. The van der Waals surface area contributed by atoms with E-state index in [0.717, 1.165) is 10.0 Å². The summed E-state index contributed by atoms with van der Waals surface area (Å²) in [6, 6.07) is 7.42. The van der Waals surface area contributed by atoms with Crippen molar-refractivity contribution in [1.82, 2.24) is 0 Å². The number of ketones is 1. The van der Waals surface area contributed by atoms with E-state index in [4.69, 9.17) is 5.26 Å². The Labute approximate surface area is 98.0 Å². The summed E-state index contributed by atoms with van der Waals surface area (Å²) >= 11 is 3.37. The van der Waals surface area contributed by atoms with Crippen LogP contribution in [0, 0.1) is 24.2 Å². The van der Waals surface area contributed by atoms with E-state index < -0.39 is 5.92 Å². The molecule has 0 saturated carbocycles. The van der Waals surface area contributed by atoms with Gasteiger partial charge < -0.3 is 0 Å². The van der Waals surface area contributed by atoms with Crippen molar-refractivity contribution in [3.05, 3.63) is 33.8 Å². The highest BCUT2D eigenvalue weighted by atomic mass is 79.9. The smallest absolute Gasteiger partial charge is 0.179 e. The first kappa shape index (κ1) is 11.9. The Kier molecular flexibility index (Phi) is 4.05. The summed E-state index contributed by atoms with van der Waals surface area (Å²) in [4.78, 5) is 11.8. The van der Waals surface area contributed by atoms with Gasteiger partial charge in [0.05, 0.1) is 6.07 Å². The third kappa shape index (κ3) is 2.66. The molecule has 0 fully saturated rings. The van der Waals surface area contributed by atoms with Gasteiger partial charge >= 0.3 is 0 Å². The lowest BCUT2D eigenvalue weighted by Crippen LogP contribution is -2.11. The second-order valence-electron chi connectivity index (χ2n) is 3.42. The normalized spacial score (nSPS) is 11.9. The maximum Gasteiger partial charge on any atom is 0.179 e. The minimum atomic E-state index is -0.523. The Hall–Kier alpha value is -1.14. The van der Waals surface area contributed by atoms with Gasteiger partial charge in [0.1, 0.15) is 5.92 Å². The highest BCUT2D eigenvalue weighted by molar-refractivity contribution is 9.10. The molecular formula is C12H12BrNO. The van der Waals surface area contributed by atoms with Crippen molar-refractivity contribution in [1.29, 1.82) is 5.26 Å². The number of Topliss-reactive ketones (excluding diaryl/α,β-unsaturated/α-hetero) is 1. The number of benzene rings is 1. The molecule has 0 aliphatic carbocycles. The maximum absolute atomic E-state index is 11.8. The average molecular weight is 266 g/mol. The molecular weight excluding hydrogens is 254 g/mol. The standard InChI is InChI=1S/C12H12BrNO/c1-3-9(7-14)12(15)10-4-5-11(13)8(2)6-10/h4-6,9H,3H2,1-2H3. The fraction of sp³-hybridized carbons (Fsp3) is 0.333. The van der Waals surface area contributed by atoms with Gasteiger partial charge in [-0.2, -0.15) is 5.26 Å². The molecule has 3 heteroatoms. The molecule has 0 spiro atoms. The molecule has 0 aliphatic rings. The van der Waals surface area contributed by atoms with Crippen molar-refractivity contribution < 1.29 is 4.79 Å². The molecule has 0 radical (unpaired) electrons. The topological polar surface area (TPSA) is 40.9 Å². The number of aryl methyl sites for hydroxylation is 1. The molecule has 0 heterocycles. The van der Waals surface area contributed by atoms with Crippen LogP contribution in [-0.4, -0.2) is 5.78 Å². The predicted molar refractivity (Wildman–Crippen MR) is 62.6 cm³/mol. The Morgan fingerprint density at radius 1 is 1.60 bits per heavy atom. The second-order valence-corrected chi connectivity index (χ2v) is 4.27. The number of nitrogens with zero attached hydrogens (tertiary/aromatic N) is 1. The zero-order valence-electron chi connectivity index (χ0n) is 8.75. The summed E-state index contributed by atoms with van der Waals surface area (Å²) in [6.07, 6.45) is 0.560. The fourth-order valence-corrected chi connectivity index (χ4v) is 1.58. The number of nitriles is 1. The Morgan fingerprint density at radius 2 is 2.27 bits per heavy atom. The monoisotopic (exact) mass is 265 g/mol. The molecule has 0 aliphatic heterocycles. The van der Waals surface area contributed by atoms with Crippen LogP contribution in [0.4, 0.5) is 0 Å². The van der Waals surface area contributed by atoms with Crippen LogP contribution in [0.2, 0.25) is 0 Å². The first-order chi connectivity index (χ1) is 7.10. The molecule has 1 aromatic rings. The molecule has 0 aromatic heterocycles. The average Bonchev–Trinajstić information content (AvgIpc) is 2.23. The molecule has 78 valence electrons. The summed E-state index contributed by atoms with van der Waals surface area (Å²) in [6.45, 7) is 3.77. The largest absolute Gasteiger partial charge is 0.293 e. The summed E-state index contributed by atoms with van der Waals surface area (Å²) in [5.74, 6) is -0.610. The highest BCUT2D eigenvalue weighted by Gasteiger charge is 2.17. The molecule has 1 unspecified atom stereocenters. The third-order valence-electron chi connectivity index (χ3n) is 2.32. The molecule has 2 nitrogen and oxygen atoms in total. The van der Waals surface area contributed by atoms with Crippen molar-refractivity contribution in [2.75, 3.05) is 0 Å². The van der Waals surface area contributed by atoms with Crippen LogP contribution in [0.25, 0.3) is 0 Å². The van der Waals surface area contributed by atoms with E-state index in [2.05, 4.69) is 15.9 Å².